The highest BCUT2D eigenvalue weighted by molar-refractivity contribution is 6.05. The van der Waals surface area contributed by atoms with Crippen LogP contribution >= 0.6 is 0 Å². The third-order valence-corrected chi connectivity index (χ3v) is 9.80. The molecular weight excluding hydrogens is 665 g/mol. The van der Waals surface area contributed by atoms with Crippen LogP contribution in [0.5, 0.6) is 5.75 Å². The van der Waals surface area contributed by atoms with Gasteiger partial charge in [-0.1, -0.05) is 87.0 Å². The summed E-state index contributed by atoms with van der Waals surface area (Å²) < 4.78 is 14.1. The zero-order valence-electron chi connectivity index (χ0n) is 30.9. The van der Waals surface area contributed by atoms with E-state index in [4.69, 9.17) is 20.2 Å². The Morgan fingerprint density at radius 3 is 2.43 bits per heavy atom. The van der Waals surface area contributed by atoms with E-state index in [0.29, 0.717) is 30.1 Å². The van der Waals surface area contributed by atoms with Gasteiger partial charge in [0.2, 0.25) is 0 Å². The first-order valence-corrected chi connectivity index (χ1v) is 18.3. The van der Waals surface area contributed by atoms with E-state index in [-0.39, 0.29) is 23.6 Å². The molecule has 2 unspecified atom stereocenters. The summed E-state index contributed by atoms with van der Waals surface area (Å²) in [6, 6.07) is 27.8. The molecule has 1 aliphatic carbocycles. The van der Waals surface area contributed by atoms with Crippen molar-refractivity contribution in [2.24, 2.45) is 16.1 Å². The van der Waals surface area contributed by atoms with E-state index >= 15 is 0 Å². The van der Waals surface area contributed by atoms with Crippen LogP contribution in [0, 0.1) is 12.3 Å². The number of nitrogens with two attached hydrogens (primary N) is 1. The van der Waals surface area contributed by atoms with E-state index in [9.17, 15) is 4.79 Å². The average Bonchev–Trinajstić information content (AvgIpc) is 3.57. The first-order valence-electron chi connectivity index (χ1n) is 18.3. The van der Waals surface area contributed by atoms with E-state index in [1.54, 1.807) is 6.08 Å². The molecule has 11 heteroatoms. The Bertz CT molecular complexity index is 2110. The maximum Gasteiger partial charge on any atom is 0.320 e. The second-order valence-electron chi connectivity index (χ2n) is 14.8. The summed E-state index contributed by atoms with van der Waals surface area (Å²) in [5.74, 6) is 1.84. The molecule has 1 saturated heterocycles. The van der Waals surface area contributed by atoms with E-state index in [0.717, 1.165) is 72.3 Å². The summed E-state index contributed by atoms with van der Waals surface area (Å²) in [6.45, 7) is 12.5. The lowest BCUT2D eigenvalue weighted by atomic mass is 9.85. The van der Waals surface area contributed by atoms with Crippen molar-refractivity contribution < 1.29 is 14.3 Å². The topological polar surface area (TPSA) is 131 Å². The summed E-state index contributed by atoms with van der Waals surface area (Å²) in [5.41, 5.74) is 13.6. The van der Waals surface area contributed by atoms with Gasteiger partial charge in [0.05, 0.1) is 31.1 Å². The van der Waals surface area contributed by atoms with Gasteiger partial charge in [-0.05, 0) is 60.7 Å². The van der Waals surface area contributed by atoms with Gasteiger partial charge in [0, 0.05) is 42.4 Å². The zero-order valence-corrected chi connectivity index (χ0v) is 30.9. The van der Waals surface area contributed by atoms with Crippen LogP contribution in [-0.2, 0) is 11.3 Å². The Balaban J connectivity index is 1.05. The number of nitrogens with one attached hydrogen (secondary N) is 2. The third kappa shape index (κ3) is 8.76. The molecule has 2 amide bonds. The summed E-state index contributed by atoms with van der Waals surface area (Å²) in [7, 11) is 0. The van der Waals surface area contributed by atoms with Gasteiger partial charge in [0.15, 0.2) is 11.5 Å². The number of hydrogen-bond acceptors (Lipinski definition) is 8. The fourth-order valence-electron chi connectivity index (χ4n) is 6.63. The lowest BCUT2D eigenvalue weighted by Crippen LogP contribution is -2.42. The van der Waals surface area contributed by atoms with Crippen LogP contribution in [0.15, 0.2) is 108 Å². The third-order valence-electron chi connectivity index (χ3n) is 9.80. The molecule has 7 rings (SSSR count). The molecule has 1 aliphatic heterocycles. The number of aryl methyl sites for hydroxylation is 1. The number of urea groups is 1. The van der Waals surface area contributed by atoms with Crippen molar-refractivity contribution in [1.82, 2.24) is 30.1 Å². The minimum absolute atomic E-state index is 0.197. The number of nitrogens with zero attached hydrogens (tertiary/aromatic N) is 5. The Morgan fingerprint density at radius 2 is 1.70 bits per heavy atom. The second kappa shape index (κ2) is 15.6. The fourth-order valence-corrected chi connectivity index (χ4v) is 6.63. The Morgan fingerprint density at radius 1 is 0.962 bits per heavy atom. The molecule has 274 valence electrons. The van der Waals surface area contributed by atoms with E-state index in [1.807, 2.05) is 86.8 Å². The highest BCUT2D eigenvalue weighted by Crippen LogP contribution is 2.39. The minimum Gasteiger partial charge on any atom is -0.484 e. The van der Waals surface area contributed by atoms with Crippen LogP contribution in [0.3, 0.4) is 0 Å². The van der Waals surface area contributed by atoms with Gasteiger partial charge in [-0.15, -0.1) is 10.2 Å². The standard InChI is InChI=1S/C42H48N8O3/c1-28-9-15-31(16-10-28)44-38(25-37(43)42(2,3)4)46-41(51)45-35-18-19-36(34-8-6-5-7-33(34)35)53-32-17-20-39-47-48-40(50(39)27-32)30-13-11-29(12-14-30)26-49-21-23-52-24-22-49/h5-17,20,25,27,35-36H,18-19,21-24,26,43H2,1-4H3,(H2,44,45,46,51). The highest BCUT2D eigenvalue weighted by atomic mass is 16.5. The molecule has 2 aliphatic rings. The van der Waals surface area contributed by atoms with Crippen molar-refractivity contribution in [2.75, 3.05) is 26.3 Å². The quantitative estimate of drug-likeness (QED) is 0.113. The van der Waals surface area contributed by atoms with Gasteiger partial charge in [-0.25, -0.2) is 9.79 Å². The first-order chi connectivity index (χ1) is 25.6. The molecule has 5 aromatic rings. The Labute approximate surface area is 310 Å². The van der Waals surface area contributed by atoms with E-state index < -0.39 is 0 Å². The zero-order chi connectivity index (χ0) is 37.0. The van der Waals surface area contributed by atoms with Crippen LogP contribution in [0.1, 0.15) is 68.0 Å². The van der Waals surface area contributed by atoms with Crippen LogP contribution in [-0.4, -0.2) is 57.7 Å². The molecule has 0 saturated carbocycles. The van der Waals surface area contributed by atoms with Crippen molar-refractivity contribution in [3.63, 3.8) is 0 Å². The van der Waals surface area contributed by atoms with Crippen molar-refractivity contribution in [3.8, 4) is 17.1 Å². The molecule has 2 atom stereocenters. The number of morpholine rings is 1. The SMILES string of the molecule is Cc1ccc(N=C(C=C(N)C(C)(C)C)NC(=O)NC2CCC(Oc3ccc4nnc(-c5ccc(CN6CCOCC6)cc5)n4c3)c3ccccc32)cc1. The number of hydrogen-bond donors (Lipinski definition) is 3. The van der Waals surface area contributed by atoms with Gasteiger partial charge in [0.1, 0.15) is 17.7 Å². The number of benzene rings is 3. The number of carbonyl (C=O) groups excluding carboxylic acids is 1. The number of fused-ring (bicyclic) bond motifs is 2. The maximum atomic E-state index is 13.5. The highest BCUT2D eigenvalue weighted by Gasteiger charge is 2.30. The normalized spacial score (nSPS) is 18.4. The number of ether oxygens (including phenoxy) is 2. The summed E-state index contributed by atoms with van der Waals surface area (Å²) in [5, 5.41) is 15.1. The lowest BCUT2D eigenvalue weighted by molar-refractivity contribution is 0.0342. The van der Waals surface area contributed by atoms with Gasteiger partial charge >= 0.3 is 6.03 Å². The van der Waals surface area contributed by atoms with Gasteiger partial charge < -0.3 is 20.5 Å². The van der Waals surface area contributed by atoms with Crippen LogP contribution < -0.4 is 21.1 Å². The molecule has 3 heterocycles. The smallest absolute Gasteiger partial charge is 0.320 e. The van der Waals surface area contributed by atoms with E-state index in [1.165, 1.54) is 5.56 Å². The van der Waals surface area contributed by atoms with Crippen molar-refractivity contribution >= 4 is 23.2 Å². The van der Waals surface area contributed by atoms with E-state index in [2.05, 4.69) is 62.1 Å². The average molecular weight is 713 g/mol. The second-order valence-corrected chi connectivity index (χ2v) is 14.8. The molecule has 11 nitrogen and oxygen atoms in total. The number of amides is 2. The number of allylic oxidation sites excluding steroid dienone is 1. The maximum absolute atomic E-state index is 13.5. The number of aliphatic imine (C=N–C) groups is 1. The number of amidine groups is 1. The molecule has 53 heavy (non-hydrogen) atoms. The summed E-state index contributed by atoms with van der Waals surface area (Å²) in [4.78, 5) is 20.6. The number of rotatable bonds is 8. The molecule has 0 bridgehead atoms. The molecule has 0 spiro atoms. The van der Waals surface area contributed by atoms with Gasteiger partial charge in [-0.2, -0.15) is 0 Å². The van der Waals surface area contributed by atoms with Crippen molar-refractivity contribution in [2.45, 2.75) is 59.2 Å². The van der Waals surface area contributed by atoms with Crippen LogP contribution in [0.4, 0.5) is 10.5 Å². The minimum atomic E-state index is -0.354. The molecule has 2 aromatic heterocycles. The summed E-state index contributed by atoms with van der Waals surface area (Å²) >= 11 is 0. The van der Waals surface area contributed by atoms with Gasteiger partial charge in [-0.3, -0.25) is 14.6 Å². The predicted octanol–water partition coefficient (Wildman–Crippen LogP) is 7.41. The Hall–Kier alpha value is -5.52. The van der Waals surface area contributed by atoms with Gasteiger partial charge in [0.25, 0.3) is 0 Å². The van der Waals surface area contributed by atoms with Crippen LogP contribution in [0.2, 0.25) is 0 Å². The number of aromatic nitrogens is 3. The first kappa shape index (κ1) is 35.9. The largest absolute Gasteiger partial charge is 0.484 e. The molecule has 4 N–H and O–H groups in total. The van der Waals surface area contributed by atoms with Crippen molar-refractivity contribution in [3.05, 3.63) is 125 Å². The summed E-state index contributed by atoms with van der Waals surface area (Å²) in [6.07, 6.45) is 4.89. The Kier molecular flexibility index (Phi) is 10.6. The number of pyridine rings is 1. The van der Waals surface area contributed by atoms with Crippen LogP contribution in [0.25, 0.3) is 17.0 Å². The predicted molar refractivity (Wildman–Crippen MR) is 208 cm³/mol. The molecular formula is C42H48N8O3. The number of carbonyl (C=O) groups is 1. The van der Waals surface area contributed by atoms with Crippen molar-refractivity contribution in [1.29, 1.82) is 0 Å². The monoisotopic (exact) mass is 712 g/mol. The molecule has 0 radical (unpaired) electrons. The fraction of sp³-hybridized carbons (Fsp3) is 0.333. The molecule has 1 fully saturated rings. The molecule has 3 aromatic carbocycles. The lowest BCUT2D eigenvalue weighted by Gasteiger charge is -2.32.